The molecule has 0 heterocycles. The number of para-hydroxylation sites is 1. The van der Waals surface area contributed by atoms with Gasteiger partial charge in [-0.1, -0.05) is 24.1 Å². The van der Waals surface area contributed by atoms with Crippen LogP contribution in [0.15, 0.2) is 53.4 Å². The van der Waals surface area contributed by atoms with Crippen molar-refractivity contribution in [3.8, 4) is 18.1 Å². The number of sulfonamides is 1. The Morgan fingerprint density at radius 2 is 1.73 bits per heavy atom. The minimum atomic E-state index is -3.85. The maximum atomic E-state index is 12.1. The Kier molecular flexibility index (Phi) is 5.95. The Morgan fingerprint density at radius 3 is 2.42 bits per heavy atom. The molecule has 26 heavy (non-hydrogen) atoms. The summed E-state index contributed by atoms with van der Waals surface area (Å²) in [5.74, 6) is 0.443. The molecule has 2 aromatic rings. The van der Waals surface area contributed by atoms with E-state index in [4.69, 9.17) is 6.42 Å². The van der Waals surface area contributed by atoms with Gasteiger partial charge in [-0.2, -0.15) is 4.72 Å². The van der Waals surface area contributed by atoms with Gasteiger partial charge in [-0.3, -0.25) is 20.4 Å². The highest BCUT2D eigenvalue weighted by Crippen LogP contribution is 2.15. The molecular formula is C17H15N3O5S. The van der Waals surface area contributed by atoms with Gasteiger partial charge in [0.15, 0.2) is 0 Å². The molecule has 0 bridgehead atoms. The molecule has 0 saturated carbocycles. The van der Waals surface area contributed by atoms with E-state index in [1.807, 2.05) is 0 Å². The average molecular weight is 373 g/mol. The zero-order valence-electron chi connectivity index (χ0n) is 13.4. The second kappa shape index (κ2) is 8.15. The predicted molar refractivity (Wildman–Crippen MR) is 93.5 cm³/mol. The Morgan fingerprint density at radius 1 is 1.04 bits per heavy atom. The van der Waals surface area contributed by atoms with Crippen LogP contribution in [0.5, 0.6) is 5.75 Å². The van der Waals surface area contributed by atoms with Gasteiger partial charge in [0.1, 0.15) is 5.75 Å². The van der Waals surface area contributed by atoms with Crippen molar-refractivity contribution >= 4 is 21.8 Å². The van der Waals surface area contributed by atoms with Gasteiger partial charge in [0.05, 0.1) is 17.0 Å². The molecule has 9 heteroatoms. The summed E-state index contributed by atoms with van der Waals surface area (Å²) in [7, 11) is -3.85. The molecule has 0 radical (unpaired) electrons. The summed E-state index contributed by atoms with van der Waals surface area (Å²) in [6, 6.07) is 11.0. The smallest absolute Gasteiger partial charge is 0.273 e. The fourth-order valence-corrected chi connectivity index (χ4v) is 2.92. The Bertz CT molecular complexity index is 980. The summed E-state index contributed by atoms with van der Waals surface area (Å²) in [5.41, 5.74) is 4.27. The van der Waals surface area contributed by atoms with E-state index in [0.717, 1.165) is 6.07 Å². The van der Waals surface area contributed by atoms with Gasteiger partial charge in [0.25, 0.3) is 11.8 Å². The Balaban J connectivity index is 2.09. The van der Waals surface area contributed by atoms with E-state index in [0.29, 0.717) is 0 Å². The number of carbonyl (C=O) groups is 2. The van der Waals surface area contributed by atoms with E-state index in [2.05, 4.69) is 21.5 Å². The summed E-state index contributed by atoms with van der Waals surface area (Å²) in [6.07, 6.45) is 5.02. The monoisotopic (exact) mass is 373 g/mol. The molecule has 0 fully saturated rings. The van der Waals surface area contributed by atoms with Crippen LogP contribution in [0.4, 0.5) is 0 Å². The third-order valence-electron chi connectivity index (χ3n) is 3.21. The van der Waals surface area contributed by atoms with Crippen molar-refractivity contribution in [1.82, 2.24) is 15.6 Å². The molecule has 0 aliphatic rings. The number of nitrogens with one attached hydrogen (secondary N) is 3. The fraction of sp³-hybridized carbons (Fsp3) is 0.0588. The number of hydrogen-bond acceptors (Lipinski definition) is 5. The minimum Gasteiger partial charge on any atom is -0.507 e. The zero-order chi connectivity index (χ0) is 19.2. The van der Waals surface area contributed by atoms with Gasteiger partial charge in [-0.05, 0) is 30.3 Å². The van der Waals surface area contributed by atoms with Crippen LogP contribution in [0.25, 0.3) is 0 Å². The van der Waals surface area contributed by atoms with E-state index in [1.54, 1.807) is 12.1 Å². The van der Waals surface area contributed by atoms with Crippen LogP contribution < -0.4 is 15.6 Å². The molecule has 2 rings (SSSR count). The van der Waals surface area contributed by atoms with Gasteiger partial charge in [-0.15, -0.1) is 6.42 Å². The highest BCUT2D eigenvalue weighted by Gasteiger charge is 2.16. The molecule has 0 saturated heterocycles. The number of phenolic OH excluding ortho intramolecular Hbond substituents is 1. The lowest BCUT2D eigenvalue weighted by molar-refractivity contribution is 0.0845. The van der Waals surface area contributed by atoms with E-state index < -0.39 is 21.8 Å². The van der Waals surface area contributed by atoms with Crippen LogP contribution in [0, 0.1) is 12.3 Å². The zero-order valence-corrected chi connectivity index (χ0v) is 14.2. The molecule has 0 aliphatic heterocycles. The van der Waals surface area contributed by atoms with Crippen LogP contribution >= 0.6 is 0 Å². The van der Waals surface area contributed by atoms with E-state index in [9.17, 15) is 23.1 Å². The summed E-state index contributed by atoms with van der Waals surface area (Å²) in [4.78, 5) is 23.9. The molecule has 134 valence electrons. The summed E-state index contributed by atoms with van der Waals surface area (Å²) in [6.45, 7) is -0.185. The van der Waals surface area contributed by atoms with Crippen LogP contribution in [-0.2, 0) is 10.0 Å². The first kappa shape index (κ1) is 19.0. The quantitative estimate of drug-likeness (QED) is 0.445. The number of terminal acetylenes is 1. The molecule has 4 N–H and O–H groups in total. The van der Waals surface area contributed by atoms with Crippen molar-refractivity contribution in [2.75, 3.05) is 6.54 Å². The lowest BCUT2D eigenvalue weighted by Gasteiger charge is -2.09. The number of aromatic hydroxyl groups is 1. The van der Waals surface area contributed by atoms with Gasteiger partial charge < -0.3 is 5.11 Å². The van der Waals surface area contributed by atoms with E-state index in [-0.39, 0.29) is 28.3 Å². The third kappa shape index (κ3) is 4.60. The standard InChI is InChI=1S/C17H15N3O5S/c1-2-10-18-26(24,25)13-7-5-6-12(11-13)16(22)19-20-17(23)14-8-3-4-9-15(14)21/h1,3-9,11,18,21H,10H2,(H,19,22)(H,20,23). The molecule has 0 spiro atoms. The van der Waals surface area contributed by atoms with Crippen LogP contribution in [0.2, 0.25) is 0 Å². The SMILES string of the molecule is C#CCNS(=O)(=O)c1cccc(C(=O)NNC(=O)c2ccccc2O)c1. The van der Waals surface area contributed by atoms with Crippen molar-refractivity contribution in [3.63, 3.8) is 0 Å². The molecule has 0 atom stereocenters. The Hall–Kier alpha value is -3.35. The van der Waals surface area contributed by atoms with Crippen LogP contribution in [0.3, 0.4) is 0 Å². The van der Waals surface area contributed by atoms with Crippen molar-refractivity contribution in [2.45, 2.75) is 4.90 Å². The summed E-state index contributed by atoms with van der Waals surface area (Å²) < 4.78 is 26.2. The molecule has 2 amide bonds. The van der Waals surface area contributed by atoms with Crippen molar-refractivity contribution in [2.24, 2.45) is 0 Å². The van der Waals surface area contributed by atoms with Gasteiger partial charge in [0.2, 0.25) is 10.0 Å². The first-order valence-electron chi connectivity index (χ1n) is 7.27. The topological polar surface area (TPSA) is 125 Å². The predicted octanol–water partition coefficient (Wildman–Crippen LogP) is 0.378. The minimum absolute atomic E-state index is 0.00571. The molecule has 0 aromatic heterocycles. The number of rotatable bonds is 5. The summed E-state index contributed by atoms with van der Waals surface area (Å²) >= 11 is 0. The first-order valence-corrected chi connectivity index (χ1v) is 8.75. The van der Waals surface area contributed by atoms with Crippen LogP contribution in [-0.4, -0.2) is 31.9 Å². The first-order chi connectivity index (χ1) is 12.3. The van der Waals surface area contributed by atoms with Gasteiger partial charge in [-0.25, -0.2) is 8.42 Å². The van der Waals surface area contributed by atoms with Crippen molar-refractivity contribution < 1.29 is 23.1 Å². The van der Waals surface area contributed by atoms with E-state index in [1.165, 1.54) is 30.3 Å². The molecule has 0 unspecified atom stereocenters. The average Bonchev–Trinajstić information content (AvgIpc) is 2.64. The molecular weight excluding hydrogens is 358 g/mol. The Labute approximate surface area is 150 Å². The third-order valence-corrected chi connectivity index (χ3v) is 4.61. The van der Waals surface area contributed by atoms with Crippen molar-refractivity contribution in [3.05, 3.63) is 59.7 Å². The summed E-state index contributed by atoms with van der Waals surface area (Å²) in [5, 5.41) is 9.60. The lowest BCUT2D eigenvalue weighted by Crippen LogP contribution is -2.41. The number of benzene rings is 2. The second-order valence-electron chi connectivity index (χ2n) is 4.98. The second-order valence-corrected chi connectivity index (χ2v) is 6.75. The fourth-order valence-electron chi connectivity index (χ4n) is 1.94. The largest absolute Gasteiger partial charge is 0.507 e. The molecule has 8 nitrogen and oxygen atoms in total. The molecule has 2 aromatic carbocycles. The number of phenols is 1. The number of hydrogen-bond donors (Lipinski definition) is 4. The highest BCUT2D eigenvalue weighted by atomic mass is 32.2. The number of hydrazine groups is 1. The maximum Gasteiger partial charge on any atom is 0.273 e. The normalized spacial score (nSPS) is 10.6. The highest BCUT2D eigenvalue weighted by molar-refractivity contribution is 7.89. The van der Waals surface area contributed by atoms with Gasteiger partial charge in [0, 0.05) is 5.56 Å². The molecule has 0 aliphatic carbocycles. The lowest BCUT2D eigenvalue weighted by atomic mass is 10.2. The van der Waals surface area contributed by atoms with Crippen molar-refractivity contribution in [1.29, 1.82) is 0 Å². The van der Waals surface area contributed by atoms with Gasteiger partial charge >= 0.3 is 0 Å². The van der Waals surface area contributed by atoms with E-state index >= 15 is 0 Å². The number of carbonyl (C=O) groups excluding carboxylic acids is 2. The van der Waals surface area contributed by atoms with Crippen LogP contribution in [0.1, 0.15) is 20.7 Å². The number of amides is 2. The maximum absolute atomic E-state index is 12.1.